The van der Waals surface area contributed by atoms with Crippen LogP contribution in [0, 0.1) is 0 Å². The molecule has 0 atom stereocenters. The number of hydrazone groups is 1. The highest BCUT2D eigenvalue weighted by Gasteiger charge is 2.02. The second-order valence-electron chi connectivity index (χ2n) is 2.66. The van der Waals surface area contributed by atoms with E-state index in [1.807, 2.05) is 31.2 Å². The maximum Gasteiger partial charge on any atom is 0.0648 e. The molecule has 0 saturated carbocycles. The number of nitrogens with zero attached hydrogens (tertiary/aromatic N) is 2. The third-order valence-electron chi connectivity index (χ3n) is 1.57. The van der Waals surface area contributed by atoms with E-state index >= 15 is 0 Å². The zero-order chi connectivity index (χ0) is 9.84. The van der Waals surface area contributed by atoms with Crippen molar-refractivity contribution < 1.29 is 0 Å². The first-order valence-electron chi connectivity index (χ1n) is 3.83. The van der Waals surface area contributed by atoms with E-state index in [1.165, 1.54) is 0 Å². The molecule has 0 N–H and O–H groups in total. The molecule has 3 heteroatoms. The van der Waals surface area contributed by atoms with Crippen LogP contribution in [0.5, 0.6) is 0 Å². The van der Waals surface area contributed by atoms with Crippen LogP contribution in [-0.4, -0.2) is 6.72 Å². The minimum absolute atomic E-state index is 0.845. The minimum Gasteiger partial charge on any atom is -0.239 e. The molecule has 0 unspecified atom stereocenters. The summed E-state index contributed by atoms with van der Waals surface area (Å²) in [5.74, 6) is 0. The summed E-state index contributed by atoms with van der Waals surface area (Å²) in [6.45, 7) is 9.18. The summed E-state index contributed by atoms with van der Waals surface area (Å²) in [6, 6.07) is 7.81. The predicted octanol–water partition coefficient (Wildman–Crippen LogP) is 3.40. The predicted molar refractivity (Wildman–Crippen MR) is 61.0 cm³/mol. The van der Waals surface area contributed by atoms with Crippen LogP contribution in [0.3, 0.4) is 0 Å². The van der Waals surface area contributed by atoms with Crippen molar-refractivity contribution >= 4 is 28.3 Å². The van der Waals surface area contributed by atoms with Crippen molar-refractivity contribution in [2.75, 3.05) is 5.01 Å². The molecule has 68 valence electrons. The zero-order valence-corrected chi connectivity index (χ0v) is 9.08. The van der Waals surface area contributed by atoms with Gasteiger partial charge in [0.25, 0.3) is 0 Å². The molecule has 0 amide bonds. The van der Waals surface area contributed by atoms with Crippen molar-refractivity contribution in [2.45, 2.75) is 6.92 Å². The van der Waals surface area contributed by atoms with Gasteiger partial charge in [0.2, 0.25) is 0 Å². The molecule has 0 heterocycles. The monoisotopic (exact) mass is 238 g/mol. The fourth-order valence-electron chi connectivity index (χ4n) is 1.01. The van der Waals surface area contributed by atoms with Gasteiger partial charge in [-0.2, -0.15) is 5.10 Å². The molecule has 13 heavy (non-hydrogen) atoms. The normalized spacial score (nSPS) is 9.38. The van der Waals surface area contributed by atoms with Crippen LogP contribution in [0.25, 0.3) is 0 Å². The molecule has 0 radical (unpaired) electrons. The highest BCUT2D eigenvalue weighted by atomic mass is 79.9. The molecular formula is C10H11BrN2. The lowest BCUT2D eigenvalue weighted by molar-refractivity contribution is 1.01. The van der Waals surface area contributed by atoms with Crippen LogP contribution in [0.15, 0.2) is 46.1 Å². The summed E-state index contributed by atoms with van der Waals surface area (Å²) in [5, 5.41) is 5.54. The average Bonchev–Trinajstić information content (AvgIpc) is 2.09. The molecule has 0 aromatic heterocycles. The van der Waals surface area contributed by atoms with E-state index in [1.54, 1.807) is 5.01 Å². The van der Waals surface area contributed by atoms with E-state index in [-0.39, 0.29) is 0 Å². The van der Waals surface area contributed by atoms with Crippen molar-refractivity contribution in [3.63, 3.8) is 0 Å². The van der Waals surface area contributed by atoms with Gasteiger partial charge in [-0.1, -0.05) is 22.5 Å². The Morgan fingerprint density at radius 3 is 2.31 bits per heavy atom. The molecule has 1 aromatic rings. The summed E-state index contributed by atoms with van der Waals surface area (Å²) in [5.41, 5.74) is 1.81. The summed E-state index contributed by atoms with van der Waals surface area (Å²) in [6.07, 6.45) is 0. The van der Waals surface area contributed by atoms with Gasteiger partial charge in [0, 0.05) is 16.9 Å². The second kappa shape index (κ2) is 4.23. The fraction of sp³-hybridized carbons (Fsp3) is 0.100. The SMILES string of the molecule is C=NN(C(=C)C)c1ccc(Br)cc1. The molecule has 1 aromatic carbocycles. The first-order valence-corrected chi connectivity index (χ1v) is 4.62. The second-order valence-corrected chi connectivity index (χ2v) is 3.58. The Morgan fingerprint density at radius 1 is 1.38 bits per heavy atom. The fourth-order valence-corrected chi connectivity index (χ4v) is 1.27. The number of halogens is 1. The summed E-state index contributed by atoms with van der Waals surface area (Å²) >= 11 is 3.37. The molecule has 2 nitrogen and oxygen atoms in total. The van der Waals surface area contributed by atoms with Gasteiger partial charge in [0.05, 0.1) is 5.69 Å². The topological polar surface area (TPSA) is 15.6 Å². The maximum absolute atomic E-state index is 3.86. The third kappa shape index (κ3) is 2.42. The maximum atomic E-state index is 3.86. The number of hydrogen-bond acceptors (Lipinski definition) is 2. The average molecular weight is 239 g/mol. The number of hydrogen-bond donors (Lipinski definition) is 0. The van der Waals surface area contributed by atoms with Gasteiger partial charge < -0.3 is 0 Å². The van der Waals surface area contributed by atoms with E-state index in [0.717, 1.165) is 15.9 Å². The van der Waals surface area contributed by atoms with Crippen molar-refractivity contribution in [1.82, 2.24) is 0 Å². The van der Waals surface area contributed by atoms with E-state index in [0.29, 0.717) is 0 Å². The highest BCUT2D eigenvalue weighted by molar-refractivity contribution is 9.10. The summed E-state index contributed by atoms with van der Waals surface area (Å²) in [7, 11) is 0. The molecule has 0 aliphatic rings. The molecule has 0 spiro atoms. The van der Waals surface area contributed by atoms with Crippen molar-refractivity contribution in [3.8, 4) is 0 Å². The Hall–Kier alpha value is -1.09. The van der Waals surface area contributed by atoms with Gasteiger partial charge in [0.15, 0.2) is 0 Å². The van der Waals surface area contributed by atoms with Gasteiger partial charge in [-0.05, 0) is 31.2 Å². The number of anilines is 1. The standard InChI is InChI=1S/C10H11BrN2/c1-8(2)13(12-3)10-6-4-9(11)5-7-10/h4-7H,1,3H2,2H3. The van der Waals surface area contributed by atoms with Crippen LogP contribution < -0.4 is 5.01 Å². The third-order valence-corrected chi connectivity index (χ3v) is 2.10. The van der Waals surface area contributed by atoms with Crippen molar-refractivity contribution in [2.24, 2.45) is 5.10 Å². The van der Waals surface area contributed by atoms with Crippen LogP contribution >= 0.6 is 15.9 Å². The Labute approximate surface area is 86.7 Å². The van der Waals surface area contributed by atoms with E-state index in [4.69, 9.17) is 0 Å². The quantitative estimate of drug-likeness (QED) is 0.583. The lowest BCUT2D eigenvalue weighted by atomic mass is 10.3. The Kier molecular flexibility index (Phi) is 3.25. The molecule has 0 aliphatic carbocycles. The van der Waals surface area contributed by atoms with Gasteiger partial charge in [-0.15, -0.1) is 0 Å². The van der Waals surface area contributed by atoms with Crippen molar-refractivity contribution in [1.29, 1.82) is 0 Å². The molecule has 0 bridgehead atoms. The molecule has 0 aliphatic heterocycles. The van der Waals surface area contributed by atoms with Gasteiger partial charge >= 0.3 is 0 Å². The van der Waals surface area contributed by atoms with Crippen LogP contribution in [0.2, 0.25) is 0 Å². The van der Waals surface area contributed by atoms with Gasteiger partial charge in [0.1, 0.15) is 0 Å². The van der Waals surface area contributed by atoms with E-state index < -0.39 is 0 Å². The van der Waals surface area contributed by atoms with Crippen LogP contribution in [0.4, 0.5) is 5.69 Å². The highest BCUT2D eigenvalue weighted by Crippen LogP contribution is 2.20. The Bertz CT molecular complexity index is 316. The summed E-state index contributed by atoms with van der Waals surface area (Å²) < 4.78 is 1.04. The first-order chi connectivity index (χ1) is 6.15. The van der Waals surface area contributed by atoms with E-state index in [2.05, 4.69) is 34.3 Å². The summed E-state index contributed by atoms with van der Waals surface area (Å²) in [4.78, 5) is 0. The number of allylic oxidation sites excluding steroid dienone is 1. The van der Waals surface area contributed by atoms with Crippen LogP contribution in [0.1, 0.15) is 6.92 Å². The van der Waals surface area contributed by atoms with Gasteiger partial charge in [-0.3, -0.25) is 0 Å². The molecule has 0 fully saturated rings. The Morgan fingerprint density at radius 2 is 1.92 bits per heavy atom. The number of benzene rings is 1. The Balaban J connectivity index is 2.99. The van der Waals surface area contributed by atoms with Gasteiger partial charge in [-0.25, -0.2) is 5.01 Å². The largest absolute Gasteiger partial charge is 0.239 e. The molecular weight excluding hydrogens is 228 g/mol. The lowest BCUT2D eigenvalue weighted by Gasteiger charge is -2.17. The lowest BCUT2D eigenvalue weighted by Crippen LogP contribution is -2.11. The van der Waals surface area contributed by atoms with Crippen molar-refractivity contribution in [3.05, 3.63) is 41.0 Å². The molecule has 1 rings (SSSR count). The first kappa shape index (κ1) is 9.99. The number of rotatable bonds is 3. The minimum atomic E-state index is 0.845. The molecule has 0 saturated heterocycles. The smallest absolute Gasteiger partial charge is 0.0648 e. The zero-order valence-electron chi connectivity index (χ0n) is 7.50. The van der Waals surface area contributed by atoms with Crippen LogP contribution in [-0.2, 0) is 0 Å². The van der Waals surface area contributed by atoms with E-state index in [9.17, 15) is 0 Å².